The number of hydrogen-bond acceptors (Lipinski definition) is 4. The van der Waals surface area contributed by atoms with Crippen LogP contribution in [-0.4, -0.2) is 41.0 Å². The molecule has 2 aromatic rings. The second kappa shape index (κ2) is 6.27. The first-order chi connectivity index (χ1) is 11.7. The van der Waals surface area contributed by atoms with Crippen molar-refractivity contribution >= 4 is 15.9 Å². The maximum Gasteiger partial charge on any atom is 0.246 e. The third-order valence-electron chi connectivity index (χ3n) is 4.68. The Hall–Kier alpha value is -2.19. The first-order valence-electron chi connectivity index (χ1n) is 8.15. The van der Waals surface area contributed by atoms with E-state index in [1.807, 2.05) is 44.2 Å². The molecule has 1 amide bonds. The summed E-state index contributed by atoms with van der Waals surface area (Å²) in [5, 5.41) is 4.15. The Labute approximate surface area is 147 Å². The van der Waals surface area contributed by atoms with Crippen LogP contribution in [0.4, 0.5) is 0 Å². The number of nitrogens with zero attached hydrogens (tertiary/aromatic N) is 3. The van der Waals surface area contributed by atoms with Gasteiger partial charge in [0.15, 0.2) is 0 Å². The Balaban J connectivity index is 1.99. The van der Waals surface area contributed by atoms with Gasteiger partial charge in [-0.2, -0.15) is 9.40 Å². The Morgan fingerprint density at radius 2 is 1.96 bits per heavy atom. The summed E-state index contributed by atoms with van der Waals surface area (Å²) in [6.07, 6.45) is 4.20. The number of sulfonamides is 1. The number of aromatic nitrogens is 2. The second-order valence-corrected chi connectivity index (χ2v) is 8.86. The largest absolute Gasteiger partial charge is 0.368 e. The van der Waals surface area contributed by atoms with Crippen LogP contribution in [0.2, 0.25) is 0 Å². The van der Waals surface area contributed by atoms with Gasteiger partial charge in [-0.25, -0.2) is 13.1 Å². The van der Waals surface area contributed by atoms with E-state index in [9.17, 15) is 13.2 Å². The van der Waals surface area contributed by atoms with Crippen LogP contribution in [0.25, 0.3) is 5.69 Å². The molecule has 134 valence electrons. The molecular formula is C17H22N4O3S. The molecule has 1 aromatic heterocycles. The van der Waals surface area contributed by atoms with Crippen molar-refractivity contribution < 1.29 is 13.2 Å². The van der Waals surface area contributed by atoms with E-state index in [1.165, 1.54) is 21.4 Å². The van der Waals surface area contributed by atoms with Crippen LogP contribution in [0.15, 0.2) is 47.6 Å². The number of primary amides is 1. The van der Waals surface area contributed by atoms with Crippen LogP contribution in [0, 0.1) is 5.41 Å². The highest BCUT2D eigenvalue weighted by atomic mass is 32.2. The summed E-state index contributed by atoms with van der Waals surface area (Å²) in [5.74, 6) is -0.622. The van der Waals surface area contributed by atoms with Crippen molar-refractivity contribution in [3.8, 4) is 5.69 Å². The smallest absolute Gasteiger partial charge is 0.246 e. The molecule has 1 fully saturated rings. The normalized spacial score (nSPS) is 21.1. The molecule has 1 aliphatic heterocycles. The third kappa shape index (κ3) is 3.19. The van der Waals surface area contributed by atoms with Crippen molar-refractivity contribution in [1.82, 2.24) is 14.1 Å². The van der Waals surface area contributed by atoms with E-state index in [0.29, 0.717) is 6.42 Å². The first-order valence-corrected chi connectivity index (χ1v) is 9.59. The molecule has 2 heterocycles. The van der Waals surface area contributed by atoms with Crippen LogP contribution in [-0.2, 0) is 14.8 Å². The maximum absolute atomic E-state index is 13.1. The highest BCUT2D eigenvalue weighted by molar-refractivity contribution is 7.89. The van der Waals surface area contributed by atoms with Crippen LogP contribution < -0.4 is 5.73 Å². The summed E-state index contributed by atoms with van der Waals surface area (Å²) in [6, 6.07) is 8.37. The van der Waals surface area contributed by atoms with Crippen LogP contribution >= 0.6 is 0 Å². The van der Waals surface area contributed by atoms with Gasteiger partial charge in [-0.3, -0.25) is 4.79 Å². The van der Waals surface area contributed by atoms with Crippen molar-refractivity contribution in [2.75, 3.05) is 6.54 Å². The van der Waals surface area contributed by atoms with Crippen molar-refractivity contribution in [2.24, 2.45) is 11.1 Å². The Morgan fingerprint density at radius 3 is 2.60 bits per heavy atom. The average molecular weight is 362 g/mol. The standard InChI is InChI=1S/C17H22N4O3S/c1-17(2)9-6-10-21(15(17)16(18)22)25(23,24)14-11-19-20(12-14)13-7-4-3-5-8-13/h3-5,7-8,11-12,15H,6,9-10H2,1-2H3,(H2,18,22). The molecule has 0 bridgehead atoms. The van der Waals surface area contributed by atoms with Crippen LogP contribution in [0.1, 0.15) is 26.7 Å². The summed E-state index contributed by atoms with van der Waals surface area (Å²) in [5.41, 5.74) is 5.79. The molecule has 7 nitrogen and oxygen atoms in total. The molecule has 1 aliphatic rings. The fourth-order valence-corrected chi connectivity index (χ4v) is 5.15. The predicted molar refractivity (Wildman–Crippen MR) is 93.5 cm³/mol. The minimum absolute atomic E-state index is 0.0558. The fourth-order valence-electron chi connectivity index (χ4n) is 3.43. The highest BCUT2D eigenvalue weighted by Crippen LogP contribution is 2.37. The number of hydrogen-bond donors (Lipinski definition) is 1. The molecule has 0 spiro atoms. The maximum atomic E-state index is 13.1. The van der Waals surface area contributed by atoms with Crippen molar-refractivity contribution in [3.63, 3.8) is 0 Å². The van der Waals surface area contributed by atoms with Gasteiger partial charge in [0, 0.05) is 6.54 Å². The van der Waals surface area contributed by atoms with Crippen LogP contribution in [0.3, 0.4) is 0 Å². The monoisotopic (exact) mass is 362 g/mol. The number of para-hydroxylation sites is 1. The Kier molecular flexibility index (Phi) is 4.42. The average Bonchev–Trinajstić information content (AvgIpc) is 3.05. The molecule has 1 atom stereocenters. The van der Waals surface area contributed by atoms with Gasteiger partial charge in [-0.1, -0.05) is 32.0 Å². The van der Waals surface area contributed by atoms with Crippen molar-refractivity contribution in [3.05, 3.63) is 42.7 Å². The van der Waals surface area contributed by atoms with E-state index >= 15 is 0 Å². The number of amides is 1. The zero-order valence-corrected chi connectivity index (χ0v) is 15.1. The fraction of sp³-hybridized carbons (Fsp3) is 0.412. The summed E-state index contributed by atoms with van der Waals surface area (Å²) in [7, 11) is -3.87. The molecule has 8 heteroatoms. The van der Waals surface area contributed by atoms with Gasteiger partial charge < -0.3 is 5.73 Å². The lowest BCUT2D eigenvalue weighted by molar-refractivity contribution is -0.126. The molecule has 1 aromatic carbocycles. The molecule has 2 N–H and O–H groups in total. The summed E-state index contributed by atoms with van der Waals surface area (Å²) < 4.78 is 28.9. The van der Waals surface area contributed by atoms with E-state index in [0.717, 1.165) is 12.1 Å². The zero-order chi connectivity index (χ0) is 18.2. The molecule has 25 heavy (non-hydrogen) atoms. The van der Waals surface area contributed by atoms with E-state index in [1.54, 1.807) is 0 Å². The minimum Gasteiger partial charge on any atom is -0.368 e. The van der Waals surface area contributed by atoms with Gasteiger partial charge in [0.05, 0.1) is 18.1 Å². The highest BCUT2D eigenvalue weighted by Gasteiger charge is 2.46. The van der Waals surface area contributed by atoms with E-state index in [2.05, 4.69) is 5.10 Å². The van der Waals surface area contributed by atoms with E-state index in [4.69, 9.17) is 5.73 Å². The third-order valence-corrected chi connectivity index (χ3v) is 6.50. The van der Waals surface area contributed by atoms with Gasteiger partial charge >= 0.3 is 0 Å². The first kappa shape index (κ1) is 17.6. The number of nitrogens with two attached hydrogens (primary N) is 1. The quantitative estimate of drug-likeness (QED) is 0.892. The molecular weight excluding hydrogens is 340 g/mol. The van der Waals surface area contributed by atoms with Crippen LogP contribution in [0.5, 0.6) is 0 Å². The number of carbonyl (C=O) groups excluding carboxylic acids is 1. The van der Waals surface area contributed by atoms with Crippen molar-refractivity contribution in [1.29, 1.82) is 0 Å². The lowest BCUT2D eigenvalue weighted by Gasteiger charge is -2.43. The number of carbonyl (C=O) groups is 1. The molecule has 3 rings (SSSR count). The topological polar surface area (TPSA) is 98.3 Å². The number of rotatable bonds is 4. The van der Waals surface area contributed by atoms with Gasteiger partial charge in [0.2, 0.25) is 15.9 Å². The molecule has 0 saturated carbocycles. The molecule has 1 saturated heterocycles. The summed E-state index contributed by atoms with van der Waals surface area (Å²) in [4.78, 5) is 12.0. The van der Waals surface area contributed by atoms with E-state index < -0.39 is 27.4 Å². The Bertz CT molecular complexity index is 874. The lowest BCUT2D eigenvalue weighted by atomic mass is 9.77. The molecule has 1 unspecified atom stereocenters. The SMILES string of the molecule is CC1(C)CCCN(S(=O)(=O)c2cnn(-c3ccccc3)c2)C1C(N)=O. The Morgan fingerprint density at radius 1 is 1.28 bits per heavy atom. The van der Waals surface area contributed by atoms with Gasteiger partial charge in [0.1, 0.15) is 10.9 Å². The molecule has 0 aliphatic carbocycles. The second-order valence-electron chi connectivity index (χ2n) is 6.97. The van der Waals surface area contributed by atoms with Gasteiger partial charge in [-0.15, -0.1) is 0 Å². The predicted octanol–water partition coefficient (Wildman–Crippen LogP) is 1.54. The summed E-state index contributed by atoms with van der Waals surface area (Å²) in [6.45, 7) is 4.02. The van der Waals surface area contributed by atoms with E-state index in [-0.39, 0.29) is 11.4 Å². The summed E-state index contributed by atoms with van der Waals surface area (Å²) >= 11 is 0. The van der Waals surface area contributed by atoms with Crippen molar-refractivity contribution in [2.45, 2.75) is 37.6 Å². The number of piperidine rings is 1. The number of benzene rings is 1. The zero-order valence-electron chi connectivity index (χ0n) is 14.3. The minimum atomic E-state index is -3.87. The van der Waals surface area contributed by atoms with Gasteiger partial charge in [-0.05, 0) is 30.4 Å². The molecule has 0 radical (unpaired) electrons. The van der Waals surface area contributed by atoms with Gasteiger partial charge in [0.25, 0.3) is 0 Å². The lowest BCUT2D eigenvalue weighted by Crippen LogP contribution is -2.58.